The SMILES string of the molecule is O=C(CCCC(=O)NCCOc1ccccc1Cl)NCCOc1ccccc1Cl. The first-order chi connectivity index (χ1) is 14.1. The highest BCUT2D eigenvalue weighted by Gasteiger charge is 2.06. The van der Waals surface area contributed by atoms with Gasteiger partial charge in [0, 0.05) is 12.8 Å². The van der Waals surface area contributed by atoms with Gasteiger partial charge in [-0.25, -0.2) is 0 Å². The van der Waals surface area contributed by atoms with Crippen LogP contribution in [0.5, 0.6) is 11.5 Å². The Labute approximate surface area is 180 Å². The molecule has 8 heteroatoms. The number of carbonyl (C=O) groups excluding carboxylic acids is 2. The van der Waals surface area contributed by atoms with Crippen molar-refractivity contribution in [3.8, 4) is 11.5 Å². The minimum Gasteiger partial charge on any atom is -0.490 e. The maximum atomic E-state index is 11.8. The molecule has 2 amide bonds. The molecule has 2 aromatic rings. The first kappa shape index (κ1) is 22.8. The van der Waals surface area contributed by atoms with E-state index in [2.05, 4.69) is 10.6 Å². The van der Waals surface area contributed by atoms with Crippen LogP contribution in [0.2, 0.25) is 10.0 Å². The Hall–Kier alpha value is -2.44. The maximum Gasteiger partial charge on any atom is 0.220 e. The third-order valence-electron chi connectivity index (χ3n) is 3.84. The number of carbonyl (C=O) groups is 2. The number of amides is 2. The minimum atomic E-state index is -0.123. The molecule has 0 saturated heterocycles. The number of nitrogens with one attached hydrogen (secondary N) is 2. The Bertz CT molecular complexity index is 736. The van der Waals surface area contributed by atoms with Crippen LogP contribution in [0.25, 0.3) is 0 Å². The molecule has 0 spiro atoms. The van der Waals surface area contributed by atoms with Crippen molar-refractivity contribution in [3.63, 3.8) is 0 Å². The summed E-state index contributed by atoms with van der Waals surface area (Å²) in [4.78, 5) is 23.6. The van der Waals surface area contributed by atoms with Crippen LogP contribution < -0.4 is 20.1 Å². The Balaban J connectivity index is 1.48. The van der Waals surface area contributed by atoms with Crippen molar-refractivity contribution in [1.29, 1.82) is 0 Å². The van der Waals surface area contributed by atoms with Gasteiger partial charge in [0.2, 0.25) is 11.8 Å². The highest BCUT2D eigenvalue weighted by atomic mass is 35.5. The lowest BCUT2D eigenvalue weighted by Crippen LogP contribution is -2.29. The summed E-state index contributed by atoms with van der Waals surface area (Å²) in [5, 5.41) is 6.56. The molecule has 0 unspecified atom stereocenters. The third kappa shape index (κ3) is 9.07. The topological polar surface area (TPSA) is 76.7 Å². The Morgan fingerprint density at radius 1 is 0.724 bits per heavy atom. The van der Waals surface area contributed by atoms with Gasteiger partial charge in [0.25, 0.3) is 0 Å². The van der Waals surface area contributed by atoms with Gasteiger partial charge >= 0.3 is 0 Å². The summed E-state index contributed by atoms with van der Waals surface area (Å²) in [7, 11) is 0. The Kier molecular flexibility index (Phi) is 10.2. The molecular weight excluding hydrogens is 415 g/mol. The van der Waals surface area contributed by atoms with Gasteiger partial charge in [0.05, 0.1) is 23.1 Å². The van der Waals surface area contributed by atoms with Crippen LogP contribution in [0.15, 0.2) is 48.5 Å². The first-order valence-corrected chi connectivity index (χ1v) is 10.1. The molecule has 2 rings (SSSR count). The van der Waals surface area contributed by atoms with Crippen LogP contribution in [-0.2, 0) is 9.59 Å². The number of hydrogen-bond acceptors (Lipinski definition) is 4. The molecule has 0 aliphatic carbocycles. The first-order valence-electron chi connectivity index (χ1n) is 9.34. The van der Waals surface area contributed by atoms with Crippen molar-refractivity contribution in [3.05, 3.63) is 58.6 Å². The van der Waals surface area contributed by atoms with Crippen molar-refractivity contribution in [2.45, 2.75) is 19.3 Å². The summed E-state index contributed by atoms with van der Waals surface area (Å²) in [6.45, 7) is 1.38. The molecule has 29 heavy (non-hydrogen) atoms. The molecule has 0 heterocycles. The zero-order valence-corrected chi connectivity index (χ0v) is 17.5. The Morgan fingerprint density at radius 3 is 1.55 bits per heavy atom. The predicted octanol–water partition coefficient (Wildman–Crippen LogP) is 3.85. The number of halogens is 2. The second-order valence-electron chi connectivity index (χ2n) is 6.11. The summed E-state index contributed by atoms with van der Waals surface area (Å²) in [5.41, 5.74) is 0. The summed E-state index contributed by atoms with van der Waals surface area (Å²) < 4.78 is 11.0. The van der Waals surface area contributed by atoms with E-state index in [-0.39, 0.29) is 24.7 Å². The smallest absolute Gasteiger partial charge is 0.220 e. The molecule has 156 valence electrons. The molecule has 0 atom stereocenters. The van der Waals surface area contributed by atoms with Crippen molar-refractivity contribution >= 4 is 35.0 Å². The van der Waals surface area contributed by atoms with E-state index in [0.29, 0.717) is 54.3 Å². The van der Waals surface area contributed by atoms with Gasteiger partial charge in [-0.2, -0.15) is 0 Å². The van der Waals surface area contributed by atoms with Gasteiger partial charge < -0.3 is 20.1 Å². The lowest BCUT2D eigenvalue weighted by atomic mass is 10.2. The van der Waals surface area contributed by atoms with E-state index >= 15 is 0 Å². The summed E-state index contributed by atoms with van der Waals surface area (Å²) in [6.07, 6.45) is 1.01. The number of benzene rings is 2. The Morgan fingerprint density at radius 2 is 1.14 bits per heavy atom. The van der Waals surface area contributed by atoms with Gasteiger partial charge in [-0.1, -0.05) is 47.5 Å². The van der Waals surface area contributed by atoms with E-state index < -0.39 is 0 Å². The predicted molar refractivity (Wildman–Crippen MR) is 114 cm³/mol. The highest BCUT2D eigenvalue weighted by Crippen LogP contribution is 2.23. The lowest BCUT2D eigenvalue weighted by Gasteiger charge is -2.09. The largest absolute Gasteiger partial charge is 0.490 e. The van der Waals surface area contributed by atoms with E-state index in [1.54, 1.807) is 24.3 Å². The minimum absolute atomic E-state index is 0.123. The molecule has 2 aromatic carbocycles. The average molecular weight is 439 g/mol. The second kappa shape index (κ2) is 12.9. The van der Waals surface area contributed by atoms with E-state index in [0.717, 1.165) is 0 Å². The van der Waals surface area contributed by atoms with E-state index in [9.17, 15) is 9.59 Å². The fourth-order valence-corrected chi connectivity index (χ4v) is 2.79. The second-order valence-corrected chi connectivity index (χ2v) is 6.93. The number of para-hydroxylation sites is 2. The van der Waals surface area contributed by atoms with Crippen molar-refractivity contribution in [2.75, 3.05) is 26.3 Å². The van der Waals surface area contributed by atoms with Gasteiger partial charge in [-0.05, 0) is 30.7 Å². The molecular formula is C21H24Cl2N2O4. The maximum absolute atomic E-state index is 11.8. The fraction of sp³-hybridized carbons (Fsp3) is 0.333. The zero-order valence-electron chi connectivity index (χ0n) is 16.0. The molecule has 0 aliphatic heterocycles. The van der Waals surface area contributed by atoms with Crippen molar-refractivity contribution in [2.24, 2.45) is 0 Å². The molecule has 0 bridgehead atoms. The summed E-state index contributed by atoms with van der Waals surface area (Å²) >= 11 is 12.0. The molecule has 0 aliphatic rings. The van der Waals surface area contributed by atoms with Crippen LogP contribution in [0.1, 0.15) is 19.3 Å². The molecule has 2 N–H and O–H groups in total. The van der Waals surface area contributed by atoms with E-state index in [1.807, 2.05) is 24.3 Å². The number of rotatable bonds is 12. The van der Waals surface area contributed by atoms with Crippen LogP contribution in [0.4, 0.5) is 0 Å². The molecule has 0 saturated carbocycles. The zero-order chi connectivity index (χ0) is 20.9. The van der Waals surface area contributed by atoms with E-state index in [1.165, 1.54) is 0 Å². The van der Waals surface area contributed by atoms with Crippen LogP contribution >= 0.6 is 23.2 Å². The van der Waals surface area contributed by atoms with Gasteiger partial charge in [-0.15, -0.1) is 0 Å². The molecule has 0 aromatic heterocycles. The van der Waals surface area contributed by atoms with Crippen molar-refractivity contribution in [1.82, 2.24) is 10.6 Å². The normalized spacial score (nSPS) is 10.3. The van der Waals surface area contributed by atoms with Gasteiger partial charge in [-0.3, -0.25) is 9.59 Å². The lowest BCUT2D eigenvalue weighted by molar-refractivity contribution is -0.122. The standard InChI is InChI=1S/C21H24Cl2N2O4/c22-16-6-1-3-8-18(16)28-14-12-24-20(26)10-5-11-21(27)25-13-15-29-19-9-4-2-7-17(19)23/h1-4,6-9H,5,10-15H2,(H,24,26)(H,25,27). The van der Waals surface area contributed by atoms with Crippen LogP contribution in [-0.4, -0.2) is 38.1 Å². The number of ether oxygens (including phenoxy) is 2. The monoisotopic (exact) mass is 438 g/mol. The molecule has 0 fully saturated rings. The quantitative estimate of drug-likeness (QED) is 0.493. The summed E-state index contributed by atoms with van der Waals surface area (Å²) in [6, 6.07) is 14.3. The van der Waals surface area contributed by atoms with Gasteiger partial charge in [0.15, 0.2) is 0 Å². The number of hydrogen-bond donors (Lipinski definition) is 2. The highest BCUT2D eigenvalue weighted by molar-refractivity contribution is 6.32. The van der Waals surface area contributed by atoms with Crippen LogP contribution in [0, 0.1) is 0 Å². The van der Waals surface area contributed by atoms with Gasteiger partial charge in [0.1, 0.15) is 24.7 Å². The fourth-order valence-electron chi connectivity index (χ4n) is 2.41. The third-order valence-corrected chi connectivity index (χ3v) is 4.47. The summed E-state index contributed by atoms with van der Waals surface area (Å²) in [5.74, 6) is 0.919. The molecule has 6 nitrogen and oxygen atoms in total. The average Bonchev–Trinajstić information content (AvgIpc) is 2.71. The van der Waals surface area contributed by atoms with E-state index in [4.69, 9.17) is 32.7 Å². The molecule has 0 radical (unpaired) electrons. The van der Waals surface area contributed by atoms with Crippen molar-refractivity contribution < 1.29 is 19.1 Å². The van der Waals surface area contributed by atoms with Crippen LogP contribution in [0.3, 0.4) is 0 Å².